The molecule has 3 aromatic rings. The molecule has 1 N–H and O–H groups in total. The predicted octanol–water partition coefficient (Wildman–Crippen LogP) is 5.63. The van der Waals surface area contributed by atoms with E-state index in [1.807, 2.05) is 6.07 Å². The summed E-state index contributed by atoms with van der Waals surface area (Å²) in [6.45, 7) is 6.27. The van der Waals surface area contributed by atoms with Crippen molar-refractivity contribution in [3.8, 4) is 16.2 Å². The van der Waals surface area contributed by atoms with Crippen LogP contribution in [0.3, 0.4) is 0 Å². The quantitative estimate of drug-likeness (QED) is 0.293. The first-order chi connectivity index (χ1) is 19.4. The van der Waals surface area contributed by atoms with E-state index in [9.17, 15) is 18.0 Å². The maximum absolute atomic E-state index is 14.0. The van der Waals surface area contributed by atoms with Gasteiger partial charge in [0.1, 0.15) is 5.60 Å². The summed E-state index contributed by atoms with van der Waals surface area (Å²) in [4.78, 5) is 26.0. The molecule has 4 rings (SSSR count). The van der Waals surface area contributed by atoms with Crippen LogP contribution in [0.5, 0.6) is 5.75 Å². The van der Waals surface area contributed by atoms with E-state index in [4.69, 9.17) is 14.2 Å². The van der Waals surface area contributed by atoms with Gasteiger partial charge in [-0.15, -0.1) is 11.3 Å². The van der Waals surface area contributed by atoms with Gasteiger partial charge in [-0.2, -0.15) is 0 Å². The average Bonchev–Trinajstić information content (AvgIpc) is 3.27. The number of carbonyl (C=O) groups excluding carboxylic acids is 2. The summed E-state index contributed by atoms with van der Waals surface area (Å²) in [6.07, 6.45) is 1.32. The molecule has 12 heteroatoms. The maximum atomic E-state index is 14.0. The van der Waals surface area contributed by atoms with Gasteiger partial charge in [0.2, 0.25) is 0 Å². The van der Waals surface area contributed by atoms with E-state index in [0.29, 0.717) is 46.5 Å². The molecule has 0 amide bonds. The fourth-order valence-corrected chi connectivity index (χ4v) is 8.21. The monoisotopic (exact) mass is 664 g/mol. The van der Waals surface area contributed by atoms with Gasteiger partial charge in [0.15, 0.2) is 17.2 Å². The molecule has 0 atom stereocenters. The standard InChI is InChI=1S/C29H33BrN2O7S2/c1-29(2,3)39-23(33)18-38-25-24(30)26(40-27(25)28(34)37-4)19-9-8-10-21(17-19)32(20-13-15-31-16-14-20)41(35,36)22-11-6-5-7-12-22/h5-12,17,20,31H,13-16,18H2,1-4H3. The first kappa shape index (κ1) is 31.0. The molecule has 2 heterocycles. The number of ether oxygens (including phenoxy) is 3. The van der Waals surface area contributed by atoms with Crippen LogP contribution in [0, 0.1) is 0 Å². The number of rotatable bonds is 9. The zero-order valence-corrected chi connectivity index (χ0v) is 26.5. The number of esters is 2. The van der Waals surface area contributed by atoms with E-state index in [1.54, 1.807) is 69.3 Å². The van der Waals surface area contributed by atoms with Gasteiger partial charge in [-0.25, -0.2) is 18.0 Å². The Morgan fingerprint density at radius 2 is 1.76 bits per heavy atom. The molecule has 2 aromatic carbocycles. The van der Waals surface area contributed by atoms with Crippen LogP contribution in [0.4, 0.5) is 5.69 Å². The number of thiophene rings is 1. The molecule has 1 fully saturated rings. The summed E-state index contributed by atoms with van der Waals surface area (Å²) >= 11 is 4.67. The number of piperidine rings is 1. The summed E-state index contributed by atoms with van der Waals surface area (Å²) in [6, 6.07) is 15.3. The van der Waals surface area contributed by atoms with E-state index in [1.165, 1.54) is 11.4 Å². The van der Waals surface area contributed by atoms with Crippen LogP contribution in [0.25, 0.3) is 10.4 Å². The van der Waals surface area contributed by atoms with Crippen LogP contribution in [0.15, 0.2) is 64.0 Å². The van der Waals surface area contributed by atoms with Gasteiger partial charge in [-0.3, -0.25) is 4.31 Å². The number of anilines is 1. The zero-order chi connectivity index (χ0) is 29.8. The van der Waals surface area contributed by atoms with Crippen LogP contribution >= 0.6 is 27.3 Å². The Kier molecular flexibility index (Phi) is 9.78. The molecular formula is C29H33BrN2O7S2. The van der Waals surface area contributed by atoms with E-state index >= 15 is 0 Å². The number of benzene rings is 2. The Hall–Kier alpha value is -2.93. The summed E-state index contributed by atoms with van der Waals surface area (Å²) in [5.41, 5.74) is 0.483. The number of sulfonamides is 1. The second-order valence-corrected chi connectivity index (χ2v) is 14.0. The normalized spacial score (nSPS) is 14.4. The van der Waals surface area contributed by atoms with Crippen LogP contribution in [-0.2, 0) is 24.3 Å². The molecule has 0 saturated carbocycles. The lowest BCUT2D eigenvalue weighted by Crippen LogP contribution is -2.46. The molecule has 1 aromatic heterocycles. The minimum atomic E-state index is -3.87. The fourth-order valence-electron chi connectivity index (χ4n) is 4.52. The minimum absolute atomic E-state index is 0.153. The number of halogens is 1. The maximum Gasteiger partial charge on any atom is 0.351 e. The summed E-state index contributed by atoms with van der Waals surface area (Å²) in [7, 11) is -2.61. The highest BCUT2D eigenvalue weighted by Crippen LogP contribution is 2.47. The Bertz CT molecular complexity index is 1500. The number of hydrogen-bond acceptors (Lipinski definition) is 9. The van der Waals surface area contributed by atoms with Gasteiger partial charge in [0.25, 0.3) is 10.0 Å². The van der Waals surface area contributed by atoms with Crippen molar-refractivity contribution in [3.05, 3.63) is 63.9 Å². The van der Waals surface area contributed by atoms with E-state index in [2.05, 4.69) is 21.2 Å². The zero-order valence-electron chi connectivity index (χ0n) is 23.3. The highest BCUT2D eigenvalue weighted by Gasteiger charge is 2.33. The van der Waals surface area contributed by atoms with Crippen molar-refractivity contribution in [1.82, 2.24) is 5.32 Å². The third-order valence-corrected chi connectivity index (χ3v) is 10.4. The number of carbonyl (C=O) groups is 2. The minimum Gasteiger partial charge on any atom is -0.479 e. The van der Waals surface area contributed by atoms with Crippen LogP contribution in [-0.4, -0.2) is 58.8 Å². The lowest BCUT2D eigenvalue weighted by molar-refractivity contribution is -0.157. The molecule has 1 saturated heterocycles. The topological polar surface area (TPSA) is 111 Å². The molecule has 1 aliphatic rings. The number of nitrogens with one attached hydrogen (secondary N) is 1. The first-order valence-electron chi connectivity index (χ1n) is 13.1. The molecule has 0 spiro atoms. The van der Waals surface area contributed by atoms with Crippen molar-refractivity contribution < 1.29 is 32.2 Å². The molecule has 0 unspecified atom stereocenters. The third-order valence-electron chi connectivity index (χ3n) is 6.24. The number of nitrogens with zero attached hydrogens (tertiary/aromatic N) is 1. The van der Waals surface area contributed by atoms with Crippen molar-refractivity contribution in [3.63, 3.8) is 0 Å². The highest BCUT2D eigenvalue weighted by atomic mass is 79.9. The van der Waals surface area contributed by atoms with Gasteiger partial charge < -0.3 is 19.5 Å². The van der Waals surface area contributed by atoms with Crippen LogP contribution < -0.4 is 14.4 Å². The van der Waals surface area contributed by atoms with E-state index in [-0.39, 0.29) is 21.6 Å². The smallest absolute Gasteiger partial charge is 0.351 e. The SMILES string of the molecule is COC(=O)c1sc(-c2cccc(N(C3CCNCC3)S(=O)(=O)c3ccccc3)c2)c(Br)c1OCC(=O)OC(C)(C)C. The van der Waals surface area contributed by atoms with Gasteiger partial charge >= 0.3 is 11.9 Å². The predicted molar refractivity (Wildman–Crippen MR) is 162 cm³/mol. The lowest BCUT2D eigenvalue weighted by Gasteiger charge is -2.35. The Morgan fingerprint density at radius 3 is 2.39 bits per heavy atom. The van der Waals surface area contributed by atoms with Crippen molar-refractivity contribution >= 4 is 54.9 Å². The molecule has 220 valence electrons. The van der Waals surface area contributed by atoms with Gasteiger partial charge in [-0.05, 0) is 92.5 Å². The summed E-state index contributed by atoms with van der Waals surface area (Å²) < 4.78 is 45.9. The summed E-state index contributed by atoms with van der Waals surface area (Å²) in [5.74, 6) is -1.06. The second-order valence-electron chi connectivity index (χ2n) is 10.4. The van der Waals surface area contributed by atoms with Crippen molar-refractivity contribution in [1.29, 1.82) is 0 Å². The van der Waals surface area contributed by atoms with Gasteiger partial charge in [0, 0.05) is 6.04 Å². The molecule has 1 aliphatic heterocycles. The Labute approximate surface area is 253 Å². The van der Waals surface area contributed by atoms with Crippen molar-refractivity contribution in [2.75, 3.05) is 31.1 Å². The molecule has 41 heavy (non-hydrogen) atoms. The van der Waals surface area contributed by atoms with Gasteiger partial charge in [-0.1, -0.05) is 30.3 Å². The fraction of sp³-hybridized carbons (Fsp3) is 0.379. The molecule has 0 aliphatic carbocycles. The van der Waals surface area contributed by atoms with E-state index < -0.39 is 34.2 Å². The lowest BCUT2D eigenvalue weighted by atomic mass is 10.1. The highest BCUT2D eigenvalue weighted by molar-refractivity contribution is 9.10. The molecule has 9 nitrogen and oxygen atoms in total. The largest absolute Gasteiger partial charge is 0.479 e. The average molecular weight is 666 g/mol. The van der Waals surface area contributed by atoms with Crippen LogP contribution in [0.2, 0.25) is 0 Å². The van der Waals surface area contributed by atoms with Crippen molar-refractivity contribution in [2.45, 2.75) is 50.2 Å². The number of hydrogen-bond donors (Lipinski definition) is 1. The van der Waals surface area contributed by atoms with Crippen LogP contribution in [0.1, 0.15) is 43.3 Å². The molecule has 0 bridgehead atoms. The Morgan fingerprint density at radius 1 is 1.07 bits per heavy atom. The second kappa shape index (κ2) is 12.9. The Balaban J connectivity index is 1.75. The molecule has 0 radical (unpaired) electrons. The summed E-state index contributed by atoms with van der Waals surface area (Å²) in [5, 5.41) is 3.30. The first-order valence-corrected chi connectivity index (χ1v) is 16.1. The van der Waals surface area contributed by atoms with Gasteiger partial charge in [0.05, 0.1) is 27.0 Å². The third kappa shape index (κ3) is 7.29. The number of methoxy groups -OCH3 is 1. The van der Waals surface area contributed by atoms with E-state index in [0.717, 1.165) is 11.3 Å². The molecular weight excluding hydrogens is 632 g/mol. The van der Waals surface area contributed by atoms with Crippen molar-refractivity contribution in [2.24, 2.45) is 0 Å².